The van der Waals surface area contributed by atoms with Gasteiger partial charge in [-0.2, -0.15) is 0 Å². The van der Waals surface area contributed by atoms with Crippen LogP contribution in [0.15, 0.2) is 18.2 Å². The van der Waals surface area contributed by atoms with Crippen LogP contribution >= 0.6 is 0 Å². The lowest BCUT2D eigenvalue weighted by molar-refractivity contribution is 0.0696. The van der Waals surface area contributed by atoms with Gasteiger partial charge in [-0.1, -0.05) is 6.08 Å². The van der Waals surface area contributed by atoms with Crippen LogP contribution in [-0.4, -0.2) is 21.3 Å². The van der Waals surface area contributed by atoms with Gasteiger partial charge in [0.05, 0.1) is 10.8 Å². The number of carboxylic acids is 1. The minimum atomic E-state index is -1.04. The monoisotopic (exact) mass is 194 g/mol. The molecule has 0 radical (unpaired) electrons. The van der Waals surface area contributed by atoms with Gasteiger partial charge >= 0.3 is 5.97 Å². The van der Waals surface area contributed by atoms with Crippen molar-refractivity contribution in [3.8, 4) is 0 Å². The van der Waals surface area contributed by atoms with E-state index < -0.39 is 11.9 Å². The second-order valence-corrected chi connectivity index (χ2v) is 2.72. The number of benzene rings is 1. The van der Waals surface area contributed by atoms with Crippen molar-refractivity contribution < 1.29 is 20.1 Å². The Balaban J connectivity index is 3.59. The second-order valence-electron chi connectivity index (χ2n) is 2.72. The van der Waals surface area contributed by atoms with Crippen molar-refractivity contribution >= 4 is 18.0 Å². The van der Waals surface area contributed by atoms with Crippen LogP contribution in [0.4, 0.5) is 0 Å². The van der Waals surface area contributed by atoms with Crippen LogP contribution in [0.5, 0.6) is 0 Å². The molecule has 0 unspecified atom stereocenters. The average Bonchev–Trinajstić information content (AvgIpc) is 2.16. The summed E-state index contributed by atoms with van der Waals surface area (Å²) in [6.45, 7) is 1.69. The van der Waals surface area contributed by atoms with E-state index in [1.165, 1.54) is 18.2 Å². The minimum absolute atomic E-state index is 0.114. The van der Waals surface area contributed by atoms with Crippen molar-refractivity contribution in [3.63, 3.8) is 0 Å². The zero-order valence-electron chi connectivity index (χ0n) is 7.56. The molecule has 0 amide bonds. The van der Waals surface area contributed by atoms with Gasteiger partial charge in [0, 0.05) is 0 Å². The van der Waals surface area contributed by atoms with Crippen molar-refractivity contribution in [1.29, 1.82) is 0 Å². The van der Waals surface area contributed by atoms with Crippen LogP contribution in [0, 0.1) is 0 Å². The largest absolute Gasteiger partial charge is 0.481 e. The predicted octanol–water partition coefficient (Wildman–Crippen LogP) is 0.367. The van der Waals surface area contributed by atoms with Gasteiger partial charge in [0.15, 0.2) is 0 Å². The number of carboxylic acid groups (broad SMARTS) is 1. The topological polar surface area (TPSA) is 77.8 Å². The minimum Gasteiger partial charge on any atom is -0.481 e. The highest BCUT2D eigenvalue weighted by Crippen LogP contribution is 1.91. The molecule has 0 spiro atoms. The first-order chi connectivity index (χ1) is 6.56. The van der Waals surface area contributed by atoms with Crippen LogP contribution in [0.1, 0.15) is 17.3 Å². The number of rotatable bonds is 1. The summed E-state index contributed by atoms with van der Waals surface area (Å²) < 4.78 is 0. The predicted molar refractivity (Wildman–Crippen MR) is 51.5 cm³/mol. The molecule has 1 aromatic carbocycles. The summed E-state index contributed by atoms with van der Waals surface area (Å²) in [6, 6.07) is 4.05. The molecule has 14 heavy (non-hydrogen) atoms. The summed E-state index contributed by atoms with van der Waals surface area (Å²) in [5.41, 5.74) is 0.114. The van der Waals surface area contributed by atoms with E-state index in [9.17, 15) is 4.79 Å². The fourth-order valence-electron chi connectivity index (χ4n) is 1.14. The third kappa shape index (κ3) is 1.85. The quantitative estimate of drug-likeness (QED) is 0.603. The maximum Gasteiger partial charge on any atom is 0.335 e. The molecular formula is C10H10O4. The highest BCUT2D eigenvalue weighted by molar-refractivity contribution is 5.87. The summed E-state index contributed by atoms with van der Waals surface area (Å²) in [5, 5.41) is 27.1. The summed E-state index contributed by atoms with van der Waals surface area (Å²) in [6.07, 6.45) is 1.61. The van der Waals surface area contributed by atoms with Crippen LogP contribution < -0.4 is 10.4 Å². The SMILES string of the molecule is CC=c1cc(C(=O)O)ccc1=C(O)O. The second kappa shape index (κ2) is 3.83. The first-order valence-corrected chi connectivity index (χ1v) is 3.98. The van der Waals surface area contributed by atoms with Crippen LogP contribution in [-0.2, 0) is 0 Å². The van der Waals surface area contributed by atoms with E-state index in [1.54, 1.807) is 13.0 Å². The highest BCUT2D eigenvalue weighted by Gasteiger charge is 2.02. The van der Waals surface area contributed by atoms with Crippen molar-refractivity contribution in [2.24, 2.45) is 0 Å². The molecule has 0 saturated carbocycles. The lowest BCUT2D eigenvalue weighted by Crippen LogP contribution is -2.27. The fraction of sp³-hybridized carbons (Fsp3) is 0.100. The Hall–Kier alpha value is -1.97. The molecule has 0 atom stereocenters. The van der Waals surface area contributed by atoms with E-state index in [0.29, 0.717) is 5.22 Å². The molecule has 0 aromatic heterocycles. The number of aliphatic hydroxyl groups is 2. The maximum atomic E-state index is 10.6. The third-order valence-corrected chi connectivity index (χ3v) is 1.85. The van der Waals surface area contributed by atoms with Crippen molar-refractivity contribution in [2.75, 3.05) is 0 Å². The normalized spacial score (nSPS) is 11.4. The van der Waals surface area contributed by atoms with E-state index in [0.717, 1.165) is 0 Å². The molecule has 3 N–H and O–H groups in total. The standard InChI is InChI=1S/C10H10O4/c1-2-6-5-7(9(11)12)3-4-8(6)10(13)14/h2-5,13-14H,1H3,(H,11,12). The van der Waals surface area contributed by atoms with Crippen molar-refractivity contribution in [1.82, 2.24) is 0 Å². The molecule has 4 heteroatoms. The fourth-order valence-corrected chi connectivity index (χ4v) is 1.14. The molecule has 1 rings (SSSR count). The molecule has 4 nitrogen and oxygen atoms in total. The van der Waals surface area contributed by atoms with Gasteiger partial charge in [-0.15, -0.1) is 0 Å². The maximum absolute atomic E-state index is 10.6. The molecule has 0 aliphatic carbocycles. The van der Waals surface area contributed by atoms with Gasteiger partial charge in [0.1, 0.15) is 0 Å². The van der Waals surface area contributed by atoms with Gasteiger partial charge < -0.3 is 15.3 Å². The average molecular weight is 194 g/mol. The summed E-state index contributed by atoms with van der Waals surface area (Å²) in [7, 11) is 0. The number of aromatic carboxylic acids is 1. The molecule has 0 saturated heterocycles. The first-order valence-electron chi connectivity index (χ1n) is 3.98. The molecule has 0 aliphatic heterocycles. The van der Waals surface area contributed by atoms with E-state index >= 15 is 0 Å². The van der Waals surface area contributed by atoms with Gasteiger partial charge in [-0.25, -0.2) is 4.79 Å². The molecule has 0 heterocycles. The van der Waals surface area contributed by atoms with Gasteiger partial charge in [0.2, 0.25) is 0 Å². The van der Waals surface area contributed by atoms with Gasteiger partial charge in [-0.05, 0) is 30.3 Å². The first kappa shape index (κ1) is 10.1. The molecular weight excluding hydrogens is 184 g/mol. The summed E-state index contributed by atoms with van der Waals surface area (Å²) in [4.78, 5) is 10.6. The Morgan fingerprint density at radius 1 is 1.29 bits per heavy atom. The van der Waals surface area contributed by atoms with Crippen LogP contribution in [0.3, 0.4) is 0 Å². The highest BCUT2D eigenvalue weighted by atomic mass is 16.5. The van der Waals surface area contributed by atoms with Crippen LogP contribution in [0.2, 0.25) is 0 Å². The zero-order chi connectivity index (χ0) is 10.7. The van der Waals surface area contributed by atoms with Crippen molar-refractivity contribution in [3.05, 3.63) is 34.2 Å². The van der Waals surface area contributed by atoms with E-state index in [4.69, 9.17) is 15.3 Å². The molecule has 74 valence electrons. The Morgan fingerprint density at radius 2 is 1.93 bits per heavy atom. The van der Waals surface area contributed by atoms with Crippen LogP contribution in [0.25, 0.3) is 12.0 Å². The zero-order valence-corrected chi connectivity index (χ0v) is 7.56. The Bertz CT molecular complexity index is 469. The van der Waals surface area contributed by atoms with Crippen molar-refractivity contribution in [2.45, 2.75) is 6.92 Å². The Kier molecular flexibility index (Phi) is 2.76. The van der Waals surface area contributed by atoms with Gasteiger partial charge in [-0.3, -0.25) is 0 Å². The molecule has 0 aliphatic rings. The summed E-state index contributed by atoms with van der Waals surface area (Å²) >= 11 is 0. The van der Waals surface area contributed by atoms with E-state index in [-0.39, 0.29) is 10.8 Å². The number of hydrogen-bond donors (Lipinski definition) is 3. The summed E-state index contributed by atoms with van der Waals surface area (Å²) in [5.74, 6) is -1.85. The van der Waals surface area contributed by atoms with E-state index in [1.807, 2.05) is 0 Å². The Labute approximate surface area is 80.1 Å². The number of hydrogen-bond acceptors (Lipinski definition) is 3. The molecule has 0 bridgehead atoms. The van der Waals surface area contributed by atoms with Gasteiger partial charge in [0.25, 0.3) is 5.95 Å². The third-order valence-electron chi connectivity index (χ3n) is 1.85. The smallest absolute Gasteiger partial charge is 0.335 e. The molecule has 1 aromatic rings. The van der Waals surface area contributed by atoms with E-state index in [2.05, 4.69) is 0 Å². The lowest BCUT2D eigenvalue weighted by atomic mass is 10.1. The Morgan fingerprint density at radius 3 is 2.36 bits per heavy atom. The molecule has 0 fully saturated rings. The number of aliphatic hydroxyl groups excluding tert-OH is 1. The lowest BCUT2D eigenvalue weighted by Gasteiger charge is -1.95. The number of carbonyl (C=O) groups is 1.